The van der Waals surface area contributed by atoms with Crippen LogP contribution in [0.5, 0.6) is 0 Å². The number of ketones is 1. The molecule has 0 saturated heterocycles. The van der Waals surface area contributed by atoms with E-state index in [9.17, 15) is 19.2 Å². The van der Waals surface area contributed by atoms with Gasteiger partial charge in [-0.05, 0) is 0 Å². The van der Waals surface area contributed by atoms with Gasteiger partial charge in [-0.1, -0.05) is 0 Å². The van der Waals surface area contributed by atoms with Crippen LogP contribution in [0.25, 0.3) is 0 Å². The number of aliphatic carboxylic acids is 3. The number of carbonyl (C=O) groups is 4. The van der Waals surface area contributed by atoms with Crippen molar-refractivity contribution in [2.45, 2.75) is 19.3 Å². The molecule has 8 heteroatoms. The number of carboxylic acid groups (broad SMARTS) is 3. The molecule has 0 unspecified atom stereocenters. The molecular formula is C8H13NO7. The van der Waals surface area contributed by atoms with Gasteiger partial charge in [0.2, 0.25) is 5.78 Å². The molecule has 0 amide bonds. The van der Waals surface area contributed by atoms with Gasteiger partial charge in [0.25, 0.3) is 0 Å². The first kappa shape index (κ1) is 16.5. The summed E-state index contributed by atoms with van der Waals surface area (Å²) in [4.78, 5) is 39.3. The van der Waals surface area contributed by atoms with Crippen molar-refractivity contribution in [1.82, 2.24) is 0 Å². The van der Waals surface area contributed by atoms with Crippen molar-refractivity contribution in [2.75, 3.05) is 6.54 Å². The molecule has 0 aliphatic carbocycles. The van der Waals surface area contributed by atoms with Crippen molar-refractivity contribution in [3.05, 3.63) is 0 Å². The van der Waals surface area contributed by atoms with Crippen molar-refractivity contribution in [3.8, 4) is 0 Å². The second-order valence-corrected chi connectivity index (χ2v) is 2.55. The quantitative estimate of drug-likeness (QED) is 0.424. The molecule has 92 valence electrons. The van der Waals surface area contributed by atoms with E-state index in [1.165, 1.54) is 0 Å². The predicted octanol–water partition coefficient (Wildman–Crippen LogP) is -1.08. The molecule has 0 atom stereocenters. The Labute approximate surface area is 90.7 Å². The Hall–Kier alpha value is -1.96. The first-order valence-electron chi connectivity index (χ1n) is 4.21. The zero-order valence-corrected chi connectivity index (χ0v) is 8.38. The van der Waals surface area contributed by atoms with Gasteiger partial charge < -0.3 is 21.1 Å². The van der Waals surface area contributed by atoms with E-state index in [1.54, 1.807) is 0 Å². The molecule has 0 heterocycles. The fraction of sp³-hybridized carbons (Fsp3) is 0.500. The molecule has 0 aromatic heterocycles. The average Bonchev–Trinajstić information content (AvgIpc) is 2.14. The van der Waals surface area contributed by atoms with Gasteiger partial charge in [0.15, 0.2) is 0 Å². The van der Waals surface area contributed by atoms with Gasteiger partial charge in [0.05, 0.1) is 12.8 Å². The monoisotopic (exact) mass is 235 g/mol. The minimum Gasteiger partial charge on any atom is -0.481 e. The van der Waals surface area contributed by atoms with E-state index in [4.69, 9.17) is 21.1 Å². The molecule has 0 aliphatic heterocycles. The molecule has 16 heavy (non-hydrogen) atoms. The Morgan fingerprint density at radius 2 is 1.25 bits per heavy atom. The average molecular weight is 235 g/mol. The van der Waals surface area contributed by atoms with Gasteiger partial charge in [-0.15, -0.1) is 0 Å². The Bertz CT molecular complexity index is 274. The lowest BCUT2D eigenvalue weighted by Crippen LogP contribution is -2.13. The highest BCUT2D eigenvalue weighted by Crippen LogP contribution is 1.89. The smallest absolute Gasteiger partial charge is 0.372 e. The molecule has 0 saturated carbocycles. The van der Waals surface area contributed by atoms with Gasteiger partial charge in [0, 0.05) is 13.0 Å². The Balaban J connectivity index is 0. The first-order valence-corrected chi connectivity index (χ1v) is 4.21. The zero-order valence-electron chi connectivity index (χ0n) is 8.38. The molecule has 0 radical (unpaired) electrons. The van der Waals surface area contributed by atoms with Crippen molar-refractivity contribution < 1.29 is 34.5 Å². The van der Waals surface area contributed by atoms with E-state index >= 15 is 0 Å². The standard InChI is InChI=1S/C5H6O5.C3H7NO2/c6-3(5(9)10)1-2-4(7)8;4-2-1-3(5)6/h1-2H2,(H,7,8)(H,9,10);1-2,4H2,(H,5,6). The third-order valence-electron chi connectivity index (χ3n) is 1.16. The van der Waals surface area contributed by atoms with Crippen LogP contribution in [-0.4, -0.2) is 45.6 Å². The third kappa shape index (κ3) is 14.6. The van der Waals surface area contributed by atoms with E-state index in [2.05, 4.69) is 0 Å². The molecular weight excluding hydrogens is 222 g/mol. The van der Waals surface area contributed by atoms with Gasteiger partial charge >= 0.3 is 17.9 Å². The minimum atomic E-state index is -1.58. The minimum absolute atomic E-state index is 0.0694. The van der Waals surface area contributed by atoms with Gasteiger partial charge in [-0.25, -0.2) is 4.79 Å². The maximum atomic E-state index is 10.2. The van der Waals surface area contributed by atoms with Crippen LogP contribution in [0.1, 0.15) is 19.3 Å². The summed E-state index contributed by atoms with van der Waals surface area (Å²) in [6.45, 7) is 0.231. The first-order chi connectivity index (χ1) is 7.31. The summed E-state index contributed by atoms with van der Waals surface area (Å²) in [7, 11) is 0. The largest absolute Gasteiger partial charge is 0.481 e. The highest BCUT2D eigenvalue weighted by Gasteiger charge is 2.12. The van der Waals surface area contributed by atoms with Crippen LogP contribution in [0.15, 0.2) is 0 Å². The molecule has 0 rings (SSSR count). The summed E-state index contributed by atoms with van der Waals surface area (Å²) < 4.78 is 0. The van der Waals surface area contributed by atoms with E-state index < -0.39 is 36.5 Å². The second-order valence-electron chi connectivity index (χ2n) is 2.55. The fourth-order valence-corrected chi connectivity index (χ4v) is 0.451. The maximum Gasteiger partial charge on any atom is 0.372 e. The Morgan fingerprint density at radius 1 is 0.812 bits per heavy atom. The van der Waals surface area contributed by atoms with Crippen LogP contribution in [-0.2, 0) is 19.2 Å². The lowest BCUT2D eigenvalue weighted by Gasteiger charge is -1.88. The van der Waals surface area contributed by atoms with Crippen LogP contribution in [0.4, 0.5) is 0 Å². The lowest BCUT2D eigenvalue weighted by molar-refractivity contribution is -0.149. The lowest BCUT2D eigenvalue weighted by atomic mass is 10.2. The summed E-state index contributed by atoms with van der Waals surface area (Å²) in [6, 6.07) is 0. The van der Waals surface area contributed by atoms with Crippen LogP contribution < -0.4 is 5.73 Å². The molecule has 0 spiro atoms. The van der Waals surface area contributed by atoms with E-state index in [1.807, 2.05) is 0 Å². The third-order valence-corrected chi connectivity index (χ3v) is 1.16. The van der Waals surface area contributed by atoms with Gasteiger partial charge in [-0.2, -0.15) is 0 Å². The molecule has 0 aromatic carbocycles. The number of nitrogens with two attached hydrogens (primary N) is 1. The number of hydrogen-bond acceptors (Lipinski definition) is 5. The fourth-order valence-electron chi connectivity index (χ4n) is 0.451. The number of carbonyl (C=O) groups excluding carboxylic acids is 1. The highest BCUT2D eigenvalue weighted by atomic mass is 16.4. The van der Waals surface area contributed by atoms with Crippen LogP contribution >= 0.6 is 0 Å². The molecule has 5 N–H and O–H groups in total. The van der Waals surface area contributed by atoms with Crippen LogP contribution in [0.3, 0.4) is 0 Å². The normalized spacial score (nSPS) is 8.56. The molecule has 0 aliphatic rings. The second kappa shape index (κ2) is 9.59. The van der Waals surface area contributed by atoms with E-state index in [0.29, 0.717) is 0 Å². The van der Waals surface area contributed by atoms with Crippen LogP contribution in [0, 0.1) is 0 Å². The molecule has 0 aromatic rings. The van der Waals surface area contributed by atoms with Crippen molar-refractivity contribution >= 4 is 23.7 Å². The Morgan fingerprint density at radius 3 is 1.44 bits per heavy atom. The summed E-state index contributed by atoms with van der Waals surface area (Å²) >= 11 is 0. The summed E-state index contributed by atoms with van der Waals surface area (Å²) in [6.07, 6.45) is -0.796. The predicted molar refractivity (Wildman–Crippen MR) is 50.8 cm³/mol. The number of Topliss-reactive ketones (excluding diaryl/α,β-unsaturated/α-hetero) is 1. The summed E-state index contributed by atoms with van der Waals surface area (Å²) in [5.74, 6) is -4.66. The van der Waals surface area contributed by atoms with Crippen molar-refractivity contribution in [3.63, 3.8) is 0 Å². The molecule has 0 fully saturated rings. The van der Waals surface area contributed by atoms with Crippen molar-refractivity contribution in [1.29, 1.82) is 0 Å². The highest BCUT2D eigenvalue weighted by molar-refractivity contribution is 6.32. The molecule has 8 nitrogen and oxygen atoms in total. The number of carboxylic acids is 3. The van der Waals surface area contributed by atoms with E-state index in [0.717, 1.165) is 0 Å². The van der Waals surface area contributed by atoms with E-state index in [-0.39, 0.29) is 13.0 Å². The van der Waals surface area contributed by atoms with Crippen molar-refractivity contribution in [2.24, 2.45) is 5.73 Å². The van der Waals surface area contributed by atoms with Crippen LogP contribution in [0.2, 0.25) is 0 Å². The summed E-state index contributed by atoms with van der Waals surface area (Å²) in [5.41, 5.74) is 4.85. The topological polar surface area (TPSA) is 155 Å². The number of hydrogen-bond donors (Lipinski definition) is 4. The van der Waals surface area contributed by atoms with Gasteiger partial charge in [0.1, 0.15) is 0 Å². The summed E-state index contributed by atoms with van der Waals surface area (Å²) in [5, 5.41) is 23.8. The SMILES string of the molecule is NCCC(=O)O.O=C(O)CCC(=O)C(=O)O. The molecule has 0 bridgehead atoms. The zero-order chi connectivity index (χ0) is 13.1. The number of rotatable bonds is 6. The van der Waals surface area contributed by atoms with Gasteiger partial charge in [-0.3, -0.25) is 14.4 Å². The maximum absolute atomic E-state index is 10.2. The Kier molecular flexibility index (Phi) is 9.87.